The largest absolute Gasteiger partial charge is 0.477 e. The highest BCUT2D eigenvalue weighted by Crippen LogP contribution is 2.23. The first kappa shape index (κ1) is 26.6. The highest BCUT2D eigenvalue weighted by Gasteiger charge is 2.40. The minimum Gasteiger partial charge on any atom is -0.477 e. The van der Waals surface area contributed by atoms with Crippen molar-refractivity contribution in [3.8, 4) is 0 Å². The first-order chi connectivity index (χ1) is 14.5. The van der Waals surface area contributed by atoms with Crippen LogP contribution in [0.3, 0.4) is 0 Å². The van der Waals surface area contributed by atoms with Crippen LogP contribution in [0, 0.1) is 0 Å². The third-order valence-electron chi connectivity index (χ3n) is 6.07. The molecule has 1 heterocycles. The van der Waals surface area contributed by atoms with E-state index in [1.807, 2.05) is 13.1 Å². The average molecular weight is 421 g/mol. The molecule has 30 heavy (non-hydrogen) atoms. The van der Waals surface area contributed by atoms with Crippen LogP contribution in [0.2, 0.25) is 0 Å². The highest BCUT2D eigenvalue weighted by molar-refractivity contribution is 5.81. The lowest BCUT2D eigenvalue weighted by Gasteiger charge is -2.34. The SMILES string of the molecule is CCCCCCCCCCCC/C=C/CCCCC1=NC=C[N+]1(CC(=O)O)C(C)N. The first-order valence-corrected chi connectivity index (χ1v) is 12.3. The number of hydrogen-bond acceptors (Lipinski definition) is 3. The summed E-state index contributed by atoms with van der Waals surface area (Å²) in [5.74, 6) is 0.0307. The molecule has 1 aliphatic rings. The second-order valence-electron chi connectivity index (χ2n) is 8.75. The first-order valence-electron chi connectivity index (χ1n) is 12.3. The van der Waals surface area contributed by atoms with Crippen LogP contribution in [0.4, 0.5) is 0 Å². The van der Waals surface area contributed by atoms with Gasteiger partial charge in [0, 0.05) is 13.3 Å². The second kappa shape index (κ2) is 16.3. The predicted molar refractivity (Wildman–Crippen MR) is 127 cm³/mol. The van der Waals surface area contributed by atoms with E-state index >= 15 is 0 Å². The van der Waals surface area contributed by atoms with Crippen molar-refractivity contribution in [3.63, 3.8) is 0 Å². The van der Waals surface area contributed by atoms with E-state index in [1.165, 1.54) is 70.6 Å². The van der Waals surface area contributed by atoms with Crippen molar-refractivity contribution in [3.05, 3.63) is 24.6 Å². The Bertz CT molecular complexity index is 555. The molecule has 2 unspecified atom stereocenters. The van der Waals surface area contributed by atoms with E-state index in [0.29, 0.717) is 0 Å². The van der Waals surface area contributed by atoms with E-state index in [9.17, 15) is 9.90 Å². The summed E-state index contributed by atoms with van der Waals surface area (Å²) in [5.41, 5.74) is 6.10. The standard InChI is InChI=1S/C25H45N3O2/c1-3-4-5-6-7-8-9-10-11-12-13-14-15-16-17-18-19-24-27-20-21-28(24,23(2)26)22-25(29)30/h14-15,20-21,23H,3-13,16-19,22,26H2,1-2H3/p+1/b15-14+. The van der Waals surface area contributed by atoms with Gasteiger partial charge in [0.1, 0.15) is 12.4 Å². The Morgan fingerprint density at radius 2 is 1.53 bits per heavy atom. The molecule has 0 spiro atoms. The maximum Gasteiger partial charge on any atom is 0.360 e. The maximum atomic E-state index is 11.3. The third kappa shape index (κ3) is 10.5. The fraction of sp³-hybridized carbons (Fsp3) is 0.760. The van der Waals surface area contributed by atoms with E-state index in [0.717, 1.165) is 31.5 Å². The number of unbranched alkanes of at least 4 members (excludes halogenated alkanes) is 12. The van der Waals surface area contributed by atoms with Crippen LogP contribution < -0.4 is 5.73 Å². The molecule has 0 radical (unpaired) electrons. The number of quaternary nitrogens is 1. The summed E-state index contributed by atoms with van der Waals surface area (Å²) < 4.78 is 0.157. The summed E-state index contributed by atoms with van der Waals surface area (Å²) in [5, 5.41) is 9.25. The van der Waals surface area contributed by atoms with Crippen LogP contribution in [-0.4, -0.2) is 34.1 Å². The smallest absolute Gasteiger partial charge is 0.360 e. The molecule has 0 bridgehead atoms. The Morgan fingerprint density at radius 3 is 2.07 bits per heavy atom. The van der Waals surface area contributed by atoms with Crippen LogP contribution in [0.15, 0.2) is 29.5 Å². The fourth-order valence-electron chi connectivity index (χ4n) is 4.12. The van der Waals surface area contributed by atoms with Gasteiger partial charge in [-0.15, -0.1) is 0 Å². The van der Waals surface area contributed by atoms with Gasteiger partial charge in [-0.1, -0.05) is 76.9 Å². The molecule has 3 N–H and O–H groups in total. The molecule has 0 fully saturated rings. The third-order valence-corrected chi connectivity index (χ3v) is 6.07. The van der Waals surface area contributed by atoms with Gasteiger partial charge in [0.15, 0.2) is 6.54 Å². The van der Waals surface area contributed by atoms with Gasteiger partial charge in [-0.3, -0.25) is 5.73 Å². The molecular formula is C25H46N3O2+. The minimum atomic E-state index is -0.846. The second-order valence-corrected chi connectivity index (χ2v) is 8.75. The van der Waals surface area contributed by atoms with E-state index in [1.54, 1.807) is 6.20 Å². The van der Waals surface area contributed by atoms with Gasteiger partial charge in [0.25, 0.3) is 0 Å². The Hall–Kier alpha value is -1.46. The molecular weight excluding hydrogens is 374 g/mol. The van der Waals surface area contributed by atoms with Crippen molar-refractivity contribution in [2.45, 2.75) is 116 Å². The number of carboxylic acids is 1. The molecule has 0 aromatic carbocycles. The van der Waals surface area contributed by atoms with Crippen molar-refractivity contribution in [2.24, 2.45) is 10.7 Å². The fourth-order valence-corrected chi connectivity index (χ4v) is 4.12. The lowest BCUT2D eigenvalue weighted by molar-refractivity contribution is -0.805. The zero-order valence-corrected chi connectivity index (χ0v) is 19.5. The summed E-state index contributed by atoms with van der Waals surface area (Å²) in [6.45, 7) is 4.09. The van der Waals surface area contributed by atoms with Gasteiger partial charge < -0.3 is 5.11 Å². The summed E-state index contributed by atoms with van der Waals surface area (Å²) in [7, 11) is 0. The zero-order valence-electron chi connectivity index (χ0n) is 19.5. The molecule has 0 saturated carbocycles. The van der Waals surface area contributed by atoms with Crippen molar-refractivity contribution in [1.82, 2.24) is 0 Å². The molecule has 0 aromatic heterocycles. The van der Waals surface area contributed by atoms with Gasteiger partial charge in [-0.25, -0.2) is 14.3 Å². The summed E-state index contributed by atoms with van der Waals surface area (Å²) in [6.07, 6.45) is 26.9. The number of allylic oxidation sites excluding steroid dienone is 2. The molecule has 0 aliphatic carbocycles. The van der Waals surface area contributed by atoms with Crippen molar-refractivity contribution < 1.29 is 14.4 Å². The van der Waals surface area contributed by atoms with E-state index in [2.05, 4.69) is 24.1 Å². The normalized spacial score (nSPS) is 19.5. The van der Waals surface area contributed by atoms with Gasteiger partial charge in [0.2, 0.25) is 5.84 Å². The average Bonchev–Trinajstić information content (AvgIpc) is 3.10. The lowest BCUT2D eigenvalue weighted by Crippen LogP contribution is -2.59. The van der Waals surface area contributed by atoms with Gasteiger partial charge in [0.05, 0.1) is 6.20 Å². The molecule has 5 nitrogen and oxygen atoms in total. The Morgan fingerprint density at radius 1 is 1.00 bits per heavy atom. The molecule has 0 saturated heterocycles. The number of amidine groups is 1. The number of aliphatic imine (C=N–C) groups is 1. The van der Waals surface area contributed by atoms with Crippen molar-refractivity contribution >= 4 is 11.8 Å². The van der Waals surface area contributed by atoms with Crippen LogP contribution in [-0.2, 0) is 4.79 Å². The summed E-state index contributed by atoms with van der Waals surface area (Å²) in [6, 6.07) is 0. The maximum absolute atomic E-state index is 11.3. The molecule has 172 valence electrons. The van der Waals surface area contributed by atoms with E-state index in [4.69, 9.17) is 5.73 Å². The summed E-state index contributed by atoms with van der Waals surface area (Å²) in [4.78, 5) is 15.7. The topological polar surface area (TPSA) is 75.7 Å². The quantitative estimate of drug-likeness (QED) is 0.142. The zero-order chi connectivity index (χ0) is 22.1. The van der Waals surface area contributed by atoms with E-state index in [-0.39, 0.29) is 17.2 Å². The number of rotatable bonds is 19. The molecule has 0 amide bonds. The van der Waals surface area contributed by atoms with Crippen LogP contribution in [0.5, 0.6) is 0 Å². The molecule has 0 aromatic rings. The van der Waals surface area contributed by atoms with Gasteiger partial charge in [-0.05, 0) is 32.1 Å². The van der Waals surface area contributed by atoms with Crippen LogP contribution in [0.1, 0.15) is 110 Å². The number of carboxylic acid groups (broad SMARTS) is 1. The van der Waals surface area contributed by atoms with Crippen LogP contribution in [0.25, 0.3) is 0 Å². The molecule has 2 atom stereocenters. The minimum absolute atomic E-state index is 0.0360. The molecule has 1 aliphatic heterocycles. The number of nitrogens with two attached hydrogens (primary N) is 1. The van der Waals surface area contributed by atoms with E-state index < -0.39 is 5.97 Å². The Labute approximate surface area is 184 Å². The Balaban J connectivity index is 2.04. The number of aliphatic carboxylic acids is 1. The number of nitrogens with zero attached hydrogens (tertiary/aromatic N) is 2. The van der Waals surface area contributed by atoms with Crippen molar-refractivity contribution in [2.75, 3.05) is 6.54 Å². The molecule has 5 heteroatoms. The Kier molecular flexibility index (Phi) is 14.4. The monoisotopic (exact) mass is 420 g/mol. The summed E-state index contributed by atoms with van der Waals surface area (Å²) >= 11 is 0. The lowest BCUT2D eigenvalue weighted by atomic mass is 10.1. The van der Waals surface area contributed by atoms with Crippen LogP contribution >= 0.6 is 0 Å². The number of carbonyl (C=O) groups is 1. The number of hydrogen-bond donors (Lipinski definition) is 2. The highest BCUT2D eigenvalue weighted by atomic mass is 16.4. The molecule has 1 rings (SSSR count). The van der Waals surface area contributed by atoms with Gasteiger partial charge in [-0.2, -0.15) is 0 Å². The predicted octanol–water partition coefficient (Wildman–Crippen LogP) is 6.50. The van der Waals surface area contributed by atoms with Crippen molar-refractivity contribution in [1.29, 1.82) is 0 Å². The van der Waals surface area contributed by atoms with Gasteiger partial charge >= 0.3 is 5.97 Å².